The van der Waals surface area contributed by atoms with Gasteiger partial charge in [0.2, 0.25) is 5.95 Å². The van der Waals surface area contributed by atoms with Gasteiger partial charge in [0.25, 0.3) is 5.56 Å². The zero-order valence-electron chi connectivity index (χ0n) is 28.2. The topological polar surface area (TPSA) is 185 Å². The Hall–Kier alpha value is -4.20. The maximum absolute atomic E-state index is 13.4. The molecule has 0 saturated heterocycles. The second-order valence-electron chi connectivity index (χ2n) is 11.4. The Morgan fingerprint density at radius 1 is 0.918 bits per heavy atom. The first-order valence-electron chi connectivity index (χ1n) is 16.3. The average Bonchev–Trinajstić information content (AvgIpc) is 3.51. The second-order valence-corrected chi connectivity index (χ2v) is 13.0. The number of aromatic amines is 1. The van der Waals surface area contributed by atoms with Gasteiger partial charge < -0.3 is 29.2 Å². The molecule has 2 aromatic heterocycles. The fourth-order valence-corrected chi connectivity index (χ4v) is 6.73. The third-order valence-electron chi connectivity index (χ3n) is 7.34. The third-order valence-corrected chi connectivity index (χ3v) is 8.99. The first kappa shape index (κ1) is 37.6. The molecule has 3 atom stereocenters. The Balaban J connectivity index is 1.62. The zero-order chi connectivity index (χ0) is 35.0. The van der Waals surface area contributed by atoms with E-state index in [1.54, 1.807) is 11.7 Å². The second kappa shape index (κ2) is 19.7. The van der Waals surface area contributed by atoms with Gasteiger partial charge in [0.15, 0.2) is 11.2 Å². The molecule has 0 aliphatic heterocycles. The highest BCUT2D eigenvalue weighted by atomic mass is 31.1. The molecule has 0 radical (unpaired) electrons. The van der Waals surface area contributed by atoms with Gasteiger partial charge in [0, 0.05) is 7.11 Å². The summed E-state index contributed by atoms with van der Waals surface area (Å²) >= 11 is 0. The minimum absolute atomic E-state index is 0.0285. The van der Waals surface area contributed by atoms with Gasteiger partial charge in [-0.1, -0.05) is 74.5 Å². The Kier molecular flexibility index (Phi) is 15.1. The molecule has 14 nitrogen and oxygen atoms in total. The lowest BCUT2D eigenvalue weighted by Gasteiger charge is -2.30. The highest BCUT2D eigenvalue weighted by Gasteiger charge is 2.30. The zero-order valence-corrected chi connectivity index (χ0v) is 29.1. The maximum Gasteiger partial charge on any atom is 0.323 e. The van der Waals surface area contributed by atoms with E-state index in [1.165, 1.54) is 6.33 Å². The molecule has 264 valence electrons. The predicted molar refractivity (Wildman–Crippen MR) is 188 cm³/mol. The van der Waals surface area contributed by atoms with Crippen molar-refractivity contribution >= 4 is 37.3 Å². The molecule has 0 aliphatic carbocycles. The first-order valence-corrected chi connectivity index (χ1v) is 17.9. The van der Waals surface area contributed by atoms with Gasteiger partial charge in [0.1, 0.15) is 12.1 Å². The van der Waals surface area contributed by atoms with Crippen molar-refractivity contribution in [3.63, 3.8) is 0 Å². The highest BCUT2D eigenvalue weighted by Crippen LogP contribution is 2.30. The Labute approximate surface area is 286 Å². The van der Waals surface area contributed by atoms with Crippen molar-refractivity contribution in [1.29, 1.82) is 0 Å². The largest absolute Gasteiger partial charge is 0.465 e. The van der Waals surface area contributed by atoms with Gasteiger partial charge >= 0.3 is 11.9 Å². The lowest BCUT2D eigenvalue weighted by molar-refractivity contribution is -0.146. The summed E-state index contributed by atoms with van der Waals surface area (Å²) < 4.78 is 24.8. The number of nitrogens with two attached hydrogens (primary N) is 1. The number of ether oxygens (including phenoxy) is 4. The molecule has 2 heterocycles. The number of esters is 2. The van der Waals surface area contributed by atoms with E-state index in [-0.39, 0.29) is 44.2 Å². The number of carbonyl (C=O) groups excluding carboxylic acids is 2. The van der Waals surface area contributed by atoms with Crippen LogP contribution < -0.4 is 21.5 Å². The lowest BCUT2D eigenvalue weighted by Crippen LogP contribution is -2.45. The molecule has 2 aromatic carbocycles. The number of carbonyl (C=O) groups is 2. The quantitative estimate of drug-likeness (QED) is 0.0738. The van der Waals surface area contributed by atoms with E-state index < -0.39 is 43.9 Å². The summed E-state index contributed by atoms with van der Waals surface area (Å²) in [6.07, 6.45) is 3.11. The number of H-pyrrole nitrogens is 1. The summed E-state index contributed by atoms with van der Waals surface area (Å²) in [6.45, 7) is 4.86. The average molecular weight is 696 g/mol. The van der Waals surface area contributed by atoms with Crippen LogP contribution in [0.4, 0.5) is 5.95 Å². The van der Waals surface area contributed by atoms with Crippen LogP contribution in [0.1, 0.15) is 37.8 Å². The van der Waals surface area contributed by atoms with Gasteiger partial charge in [-0.25, -0.2) is 4.98 Å². The molecular weight excluding hydrogens is 649 g/mol. The van der Waals surface area contributed by atoms with Gasteiger partial charge in [0.05, 0.1) is 53.4 Å². The molecule has 15 heteroatoms. The van der Waals surface area contributed by atoms with Crippen molar-refractivity contribution < 1.29 is 28.5 Å². The normalized spacial score (nSPS) is 13.9. The number of hydrogen-bond donors (Lipinski definition) is 4. The maximum atomic E-state index is 13.4. The van der Waals surface area contributed by atoms with Crippen LogP contribution >= 0.6 is 8.22 Å². The molecule has 3 unspecified atom stereocenters. The number of rotatable bonds is 21. The van der Waals surface area contributed by atoms with Crippen LogP contribution in [-0.2, 0) is 47.9 Å². The van der Waals surface area contributed by atoms with Crippen molar-refractivity contribution in [2.45, 2.75) is 64.3 Å². The van der Waals surface area contributed by atoms with Crippen LogP contribution in [0.2, 0.25) is 0 Å². The first-order chi connectivity index (χ1) is 23.8. The van der Waals surface area contributed by atoms with E-state index in [0.29, 0.717) is 31.3 Å². The molecular formula is C34H46N7O7P. The van der Waals surface area contributed by atoms with Crippen molar-refractivity contribution in [3.8, 4) is 0 Å². The Morgan fingerprint density at radius 3 is 1.98 bits per heavy atom. The summed E-state index contributed by atoms with van der Waals surface area (Å²) in [4.78, 5) is 50.1. The number of nitrogens with one attached hydrogen (secondary N) is 3. The van der Waals surface area contributed by atoms with Crippen molar-refractivity contribution in [3.05, 3.63) is 88.5 Å². The van der Waals surface area contributed by atoms with E-state index >= 15 is 0 Å². The minimum Gasteiger partial charge on any atom is -0.465 e. The van der Waals surface area contributed by atoms with Gasteiger partial charge in [-0.3, -0.25) is 29.5 Å². The van der Waals surface area contributed by atoms with E-state index in [4.69, 9.17) is 24.7 Å². The van der Waals surface area contributed by atoms with Gasteiger partial charge in [-0.15, -0.1) is 0 Å². The highest BCUT2D eigenvalue weighted by molar-refractivity contribution is 7.53. The van der Waals surface area contributed by atoms with Gasteiger partial charge in [-0.2, -0.15) is 4.98 Å². The van der Waals surface area contributed by atoms with Gasteiger partial charge in [-0.05, 0) is 36.8 Å². The molecule has 4 aromatic rings. The fraction of sp³-hybridized carbons (Fsp3) is 0.441. The number of fused-ring (bicyclic) bond motifs is 1. The molecule has 0 saturated carbocycles. The third kappa shape index (κ3) is 11.7. The number of benzene rings is 2. The van der Waals surface area contributed by atoms with E-state index in [9.17, 15) is 14.4 Å². The fourth-order valence-electron chi connectivity index (χ4n) is 5.00. The van der Waals surface area contributed by atoms with E-state index in [1.807, 2.05) is 74.5 Å². The number of anilines is 1. The SMILES string of the molecule is CCCOC(=O)C(Cc1ccccc1)NP(COC(COC)Cn1cnc2c(=O)[nH]c(N)nc21)NC(Cc1ccccc1)C(=O)OCCC. The Bertz CT molecular complexity index is 1590. The standard InChI is InChI=1S/C34H46N7O7P/c1-4-16-46-32(43)27(18-24-12-8-6-9-13-24)39-49(40-28(33(44)47-17-5-2)19-25-14-10-7-11-15-25)23-48-26(21-45-3)20-41-22-36-29-30(41)37-34(35)38-31(29)42/h6-15,22,26-28,39-40H,4-5,16-21,23H2,1-3H3,(H3,35,37,38,42). The number of hydrogen-bond acceptors (Lipinski definition) is 12. The predicted octanol–water partition coefficient (Wildman–Crippen LogP) is 3.31. The van der Waals surface area contributed by atoms with Crippen LogP contribution in [0, 0.1) is 0 Å². The molecule has 49 heavy (non-hydrogen) atoms. The molecule has 0 fully saturated rings. The molecule has 5 N–H and O–H groups in total. The number of aromatic nitrogens is 4. The minimum atomic E-state index is -1.57. The summed E-state index contributed by atoms with van der Waals surface area (Å²) in [5.41, 5.74) is 7.71. The smallest absolute Gasteiger partial charge is 0.323 e. The number of nitrogens with zero attached hydrogens (tertiary/aromatic N) is 3. The summed E-state index contributed by atoms with van der Waals surface area (Å²) in [7, 11) is -0.0155. The van der Waals surface area contributed by atoms with Crippen LogP contribution in [0.15, 0.2) is 71.8 Å². The molecule has 0 aliphatic rings. The monoisotopic (exact) mass is 695 g/mol. The molecule has 0 amide bonds. The number of imidazole rings is 1. The molecule has 0 bridgehead atoms. The number of nitrogen functional groups attached to an aromatic ring is 1. The van der Waals surface area contributed by atoms with Crippen molar-refractivity contribution in [1.82, 2.24) is 29.7 Å². The summed E-state index contributed by atoms with van der Waals surface area (Å²) in [5, 5.41) is 6.90. The van der Waals surface area contributed by atoms with Crippen LogP contribution in [-0.4, -0.2) is 82.9 Å². The van der Waals surface area contributed by atoms with Crippen LogP contribution in [0.25, 0.3) is 11.2 Å². The molecule has 4 rings (SSSR count). The summed E-state index contributed by atoms with van der Waals surface area (Å²) in [6, 6.07) is 17.8. The van der Waals surface area contributed by atoms with Crippen molar-refractivity contribution in [2.75, 3.05) is 39.0 Å². The van der Waals surface area contributed by atoms with Crippen molar-refractivity contribution in [2.24, 2.45) is 0 Å². The number of methoxy groups -OCH3 is 1. The van der Waals surface area contributed by atoms with Crippen LogP contribution in [0.3, 0.4) is 0 Å². The van der Waals surface area contributed by atoms with E-state index in [0.717, 1.165) is 11.1 Å². The van der Waals surface area contributed by atoms with E-state index in [2.05, 4.69) is 25.1 Å². The molecule has 0 spiro atoms. The van der Waals surface area contributed by atoms with Crippen LogP contribution in [0.5, 0.6) is 0 Å². The summed E-state index contributed by atoms with van der Waals surface area (Å²) in [5.74, 6) is -0.833. The Morgan fingerprint density at radius 2 is 1.47 bits per heavy atom. The lowest BCUT2D eigenvalue weighted by atomic mass is 10.1.